The maximum absolute atomic E-state index is 10.3. The zero-order valence-corrected chi connectivity index (χ0v) is 8.38. The molecule has 0 aliphatic carbocycles. The topological polar surface area (TPSA) is 107 Å². The third kappa shape index (κ3) is 3.86. The molecule has 0 bridgehead atoms. The normalized spacial score (nSPS) is 12.1. The Morgan fingerprint density at radius 1 is 1.60 bits per heavy atom. The van der Waals surface area contributed by atoms with Crippen molar-refractivity contribution in [1.29, 1.82) is 0 Å². The van der Waals surface area contributed by atoms with Crippen LogP contribution in [0.3, 0.4) is 0 Å². The molecule has 15 heavy (non-hydrogen) atoms. The molecule has 0 aliphatic heterocycles. The second-order valence-corrected chi connectivity index (χ2v) is 3.21. The monoisotopic (exact) mass is 211 g/mol. The van der Waals surface area contributed by atoms with E-state index in [1.165, 1.54) is 12.4 Å². The Morgan fingerprint density at radius 3 is 2.67 bits per heavy atom. The standard InChI is InChI=1S/C8H13N5O2/c1-6(9)2-3-10-8-11-4-7(5-12-8)13(14)15/h4-6H,2-3,9H2,1H3,(H,10,11,12). The van der Waals surface area contributed by atoms with Crippen LogP contribution in [0.25, 0.3) is 0 Å². The fraction of sp³-hybridized carbons (Fsp3) is 0.500. The van der Waals surface area contributed by atoms with E-state index in [0.29, 0.717) is 12.5 Å². The van der Waals surface area contributed by atoms with Crippen LogP contribution in [0.5, 0.6) is 0 Å². The summed E-state index contributed by atoms with van der Waals surface area (Å²) < 4.78 is 0. The van der Waals surface area contributed by atoms with Gasteiger partial charge >= 0.3 is 5.69 Å². The number of aromatic nitrogens is 2. The maximum Gasteiger partial charge on any atom is 0.305 e. The van der Waals surface area contributed by atoms with Gasteiger partial charge in [0.25, 0.3) is 0 Å². The predicted octanol–water partition coefficient (Wildman–Crippen LogP) is 0.534. The molecule has 1 rings (SSSR count). The molecule has 3 N–H and O–H groups in total. The lowest BCUT2D eigenvalue weighted by molar-refractivity contribution is -0.385. The van der Waals surface area contributed by atoms with E-state index in [9.17, 15) is 10.1 Å². The van der Waals surface area contributed by atoms with Crippen LogP contribution in [-0.2, 0) is 0 Å². The molecular formula is C8H13N5O2. The molecule has 1 atom stereocenters. The van der Waals surface area contributed by atoms with Gasteiger partial charge in [0.05, 0.1) is 4.92 Å². The molecule has 82 valence electrons. The van der Waals surface area contributed by atoms with Gasteiger partial charge in [0, 0.05) is 12.6 Å². The van der Waals surface area contributed by atoms with E-state index in [0.717, 1.165) is 6.42 Å². The van der Waals surface area contributed by atoms with Crippen molar-refractivity contribution >= 4 is 11.6 Å². The second-order valence-electron chi connectivity index (χ2n) is 3.21. The molecule has 0 amide bonds. The van der Waals surface area contributed by atoms with Crippen molar-refractivity contribution in [2.45, 2.75) is 19.4 Å². The molecule has 1 aromatic rings. The van der Waals surface area contributed by atoms with E-state index in [4.69, 9.17) is 5.73 Å². The van der Waals surface area contributed by atoms with Gasteiger partial charge in [-0.25, -0.2) is 9.97 Å². The largest absolute Gasteiger partial charge is 0.354 e. The van der Waals surface area contributed by atoms with Gasteiger partial charge in [-0.15, -0.1) is 0 Å². The molecule has 0 aromatic carbocycles. The molecule has 1 aromatic heterocycles. The van der Waals surface area contributed by atoms with E-state index < -0.39 is 4.92 Å². The number of nitrogens with one attached hydrogen (secondary N) is 1. The Balaban J connectivity index is 2.46. The van der Waals surface area contributed by atoms with E-state index in [1.54, 1.807) is 0 Å². The first-order chi connectivity index (χ1) is 7.09. The van der Waals surface area contributed by atoms with Crippen LogP contribution in [0, 0.1) is 10.1 Å². The smallest absolute Gasteiger partial charge is 0.305 e. The summed E-state index contributed by atoms with van der Waals surface area (Å²) in [5, 5.41) is 13.2. The summed E-state index contributed by atoms with van der Waals surface area (Å²) >= 11 is 0. The summed E-state index contributed by atoms with van der Waals surface area (Å²) in [6.07, 6.45) is 3.13. The molecule has 0 aliphatic rings. The van der Waals surface area contributed by atoms with Crippen molar-refractivity contribution in [3.8, 4) is 0 Å². The summed E-state index contributed by atoms with van der Waals surface area (Å²) in [5.74, 6) is 0.376. The SMILES string of the molecule is CC(N)CCNc1ncc([N+](=O)[O-])cn1. The van der Waals surface area contributed by atoms with Gasteiger partial charge in [0.1, 0.15) is 12.4 Å². The Bertz CT molecular complexity index is 324. The average molecular weight is 211 g/mol. The number of nitrogens with zero attached hydrogens (tertiary/aromatic N) is 3. The number of anilines is 1. The number of nitrogens with two attached hydrogens (primary N) is 1. The average Bonchev–Trinajstić information content (AvgIpc) is 2.18. The van der Waals surface area contributed by atoms with Gasteiger partial charge < -0.3 is 11.1 Å². The zero-order valence-electron chi connectivity index (χ0n) is 8.38. The minimum absolute atomic E-state index is 0.107. The molecule has 1 heterocycles. The van der Waals surface area contributed by atoms with Crippen LogP contribution < -0.4 is 11.1 Å². The predicted molar refractivity (Wildman–Crippen MR) is 55.4 cm³/mol. The van der Waals surface area contributed by atoms with E-state index >= 15 is 0 Å². The van der Waals surface area contributed by atoms with Crippen molar-refractivity contribution in [2.75, 3.05) is 11.9 Å². The van der Waals surface area contributed by atoms with Crippen LogP contribution in [0.1, 0.15) is 13.3 Å². The summed E-state index contributed by atoms with van der Waals surface area (Å²) in [6.45, 7) is 2.55. The van der Waals surface area contributed by atoms with Crippen LogP contribution in [0.4, 0.5) is 11.6 Å². The van der Waals surface area contributed by atoms with Crippen molar-refractivity contribution in [1.82, 2.24) is 9.97 Å². The van der Waals surface area contributed by atoms with Crippen LogP contribution in [0.2, 0.25) is 0 Å². The van der Waals surface area contributed by atoms with Crippen molar-refractivity contribution in [2.24, 2.45) is 5.73 Å². The fourth-order valence-corrected chi connectivity index (χ4v) is 0.918. The Hall–Kier alpha value is -1.76. The van der Waals surface area contributed by atoms with Gasteiger partial charge in [-0.1, -0.05) is 0 Å². The third-order valence-corrected chi connectivity index (χ3v) is 1.73. The van der Waals surface area contributed by atoms with Crippen molar-refractivity contribution < 1.29 is 4.92 Å². The molecule has 1 unspecified atom stereocenters. The highest BCUT2D eigenvalue weighted by molar-refractivity contribution is 5.30. The molecule has 0 fully saturated rings. The summed E-state index contributed by atoms with van der Waals surface area (Å²) in [5.41, 5.74) is 5.43. The number of hydrogen-bond acceptors (Lipinski definition) is 6. The van der Waals surface area contributed by atoms with Crippen LogP contribution in [0.15, 0.2) is 12.4 Å². The number of hydrogen-bond donors (Lipinski definition) is 2. The molecule has 7 heteroatoms. The minimum atomic E-state index is -0.536. The van der Waals surface area contributed by atoms with Crippen molar-refractivity contribution in [3.05, 3.63) is 22.5 Å². The van der Waals surface area contributed by atoms with E-state index in [1.807, 2.05) is 6.92 Å². The molecular weight excluding hydrogens is 198 g/mol. The van der Waals surface area contributed by atoms with Gasteiger partial charge in [0.15, 0.2) is 0 Å². The molecule has 0 saturated carbocycles. The Kier molecular flexibility index (Phi) is 3.92. The second kappa shape index (κ2) is 5.20. The van der Waals surface area contributed by atoms with Gasteiger partial charge in [-0.3, -0.25) is 10.1 Å². The molecule has 0 saturated heterocycles. The minimum Gasteiger partial charge on any atom is -0.354 e. The third-order valence-electron chi connectivity index (χ3n) is 1.73. The summed E-state index contributed by atoms with van der Waals surface area (Å²) in [6, 6.07) is 0.107. The van der Waals surface area contributed by atoms with E-state index in [-0.39, 0.29) is 11.7 Å². The summed E-state index contributed by atoms with van der Waals surface area (Å²) in [7, 11) is 0. The van der Waals surface area contributed by atoms with Crippen molar-refractivity contribution in [3.63, 3.8) is 0 Å². The summed E-state index contributed by atoms with van der Waals surface area (Å²) in [4.78, 5) is 17.4. The lowest BCUT2D eigenvalue weighted by Gasteiger charge is -2.05. The lowest BCUT2D eigenvalue weighted by Crippen LogP contribution is -2.19. The highest BCUT2D eigenvalue weighted by Crippen LogP contribution is 2.07. The van der Waals surface area contributed by atoms with Gasteiger partial charge in [-0.2, -0.15) is 0 Å². The van der Waals surface area contributed by atoms with Gasteiger partial charge in [0.2, 0.25) is 5.95 Å². The Labute approximate surface area is 86.9 Å². The first-order valence-electron chi connectivity index (χ1n) is 4.55. The maximum atomic E-state index is 10.3. The van der Waals surface area contributed by atoms with E-state index in [2.05, 4.69) is 15.3 Å². The molecule has 7 nitrogen and oxygen atoms in total. The highest BCUT2D eigenvalue weighted by Gasteiger charge is 2.05. The fourth-order valence-electron chi connectivity index (χ4n) is 0.918. The Morgan fingerprint density at radius 2 is 2.20 bits per heavy atom. The van der Waals surface area contributed by atoms with Gasteiger partial charge in [-0.05, 0) is 13.3 Å². The lowest BCUT2D eigenvalue weighted by atomic mass is 10.2. The first kappa shape index (κ1) is 11.3. The quantitative estimate of drug-likeness (QED) is 0.543. The number of nitro groups is 1. The van der Waals surface area contributed by atoms with Crippen LogP contribution in [-0.4, -0.2) is 27.5 Å². The first-order valence-corrected chi connectivity index (χ1v) is 4.55. The zero-order chi connectivity index (χ0) is 11.3. The highest BCUT2D eigenvalue weighted by atomic mass is 16.6. The van der Waals surface area contributed by atoms with Crippen LogP contribution >= 0.6 is 0 Å². The number of rotatable bonds is 5. The molecule has 0 radical (unpaired) electrons. The molecule has 0 spiro atoms.